The Kier molecular flexibility index (Phi) is 3.77. The minimum atomic E-state index is 0.0426. The van der Waals surface area contributed by atoms with Gasteiger partial charge >= 0.3 is 0 Å². The summed E-state index contributed by atoms with van der Waals surface area (Å²) < 4.78 is 0. The van der Waals surface area contributed by atoms with Gasteiger partial charge in [0.15, 0.2) is 5.82 Å². The monoisotopic (exact) mass is 288 g/mol. The quantitative estimate of drug-likeness (QED) is 0.721. The van der Waals surface area contributed by atoms with E-state index >= 15 is 0 Å². The highest BCUT2D eigenvalue weighted by atomic mass is 16.5. The molecule has 0 bridgehead atoms. The van der Waals surface area contributed by atoms with Crippen LogP contribution in [-0.4, -0.2) is 15.4 Å². The Bertz CT molecular complexity index is 827. The molecule has 0 aliphatic carbocycles. The van der Waals surface area contributed by atoms with Crippen molar-refractivity contribution in [3.05, 3.63) is 66.2 Å². The third-order valence-corrected chi connectivity index (χ3v) is 3.30. The molecular formula is C17H12N4O. The number of rotatable bonds is 3. The van der Waals surface area contributed by atoms with Crippen molar-refractivity contribution in [3.63, 3.8) is 0 Å². The van der Waals surface area contributed by atoms with E-state index < -0.39 is 0 Å². The number of hydrogen-bond acceptors (Lipinski definition) is 5. The molecule has 22 heavy (non-hydrogen) atoms. The van der Waals surface area contributed by atoms with Crippen molar-refractivity contribution < 1.29 is 5.21 Å². The molecule has 0 fully saturated rings. The topological polar surface area (TPSA) is 81.8 Å². The van der Waals surface area contributed by atoms with Gasteiger partial charge in [0.25, 0.3) is 0 Å². The molecule has 0 unspecified atom stereocenters. The molecule has 0 amide bonds. The van der Waals surface area contributed by atoms with Gasteiger partial charge in [-0.1, -0.05) is 60.7 Å². The molecule has 0 aliphatic heterocycles. The van der Waals surface area contributed by atoms with E-state index in [0.717, 1.165) is 11.1 Å². The van der Waals surface area contributed by atoms with E-state index in [0.29, 0.717) is 11.3 Å². The van der Waals surface area contributed by atoms with E-state index in [4.69, 9.17) is 0 Å². The van der Waals surface area contributed by atoms with E-state index in [2.05, 4.69) is 16.3 Å². The number of nitrogens with one attached hydrogen (secondary N) is 1. The van der Waals surface area contributed by atoms with Crippen LogP contribution in [0.25, 0.3) is 22.4 Å². The maximum atomic E-state index is 9.49. The predicted molar refractivity (Wildman–Crippen MR) is 83.0 cm³/mol. The highest BCUT2D eigenvalue weighted by molar-refractivity contribution is 5.87. The third kappa shape index (κ3) is 2.39. The Hall–Kier alpha value is -3.23. The Labute approximate surface area is 127 Å². The Morgan fingerprint density at radius 2 is 1.45 bits per heavy atom. The number of anilines is 1. The van der Waals surface area contributed by atoms with E-state index in [9.17, 15) is 10.5 Å². The lowest BCUT2D eigenvalue weighted by atomic mass is 9.96. The zero-order chi connectivity index (χ0) is 15.4. The molecule has 5 nitrogen and oxygen atoms in total. The second-order valence-corrected chi connectivity index (χ2v) is 4.60. The lowest BCUT2D eigenvalue weighted by Gasteiger charge is -2.12. The fraction of sp³-hybridized carbons (Fsp3) is 0. The van der Waals surface area contributed by atoms with Gasteiger partial charge in [0, 0.05) is 11.1 Å². The summed E-state index contributed by atoms with van der Waals surface area (Å²) in [5.74, 6) is 0.0426. The van der Waals surface area contributed by atoms with E-state index in [1.165, 1.54) is 0 Å². The molecule has 1 aromatic heterocycles. The molecule has 5 heteroatoms. The van der Waals surface area contributed by atoms with Crippen molar-refractivity contribution >= 4 is 5.82 Å². The number of nitrogens with zero attached hydrogens (tertiary/aromatic N) is 3. The van der Waals surface area contributed by atoms with E-state index in [1.54, 1.807) is 0 Å². The average molecular weight is 288 g/mol. The summed E-state index contributed by atoms with van der Waals surface area (Å²) in [4.78, 5) is 0. The highest BCUT2D eigenvalue weighted by Crippen LogP contribution is 2.35. The van der Waals surface area contributed by atoms with Gasteiger partial charge in [-0.25, -0.2) is 5.48 Å². The van der Waals surface area contributed by atoms with Crippen LogP contribution in [-0.2, 0) is 0 Å². The van der Waals surface area contributed by atoms with Gasteiger partial charge in [-0.3, -0.25) is 5.21 Å². The van der Waals surface area contributed by atoms with Crippen LogP contribution in [0.15, 0.2) is 60.7 Å². The molecule has 0 radical (unpaired) electrons. The van der Waals surface area contributed by atoms with Crippen LogP contribution in [0.1, 0.15) is 5.56 Å². The first-order valence-corrected chi connectivity index (χ1v) is 6.67. The molecule has 0 saturated heterocycles. The predicted octanol–water partition coefficient (Wildman–Crippen LogP) is 3.48. The lowest BCUT2D eigenvalue weighted by Crippen LogP contribution is -2.04. The van der Waals surface area contributed by atoms with Crippen molar-refractivity contribution in [2.24, 2.45) is 0 Å². The molecule has 1 heterocycles. The maximum Gasteiger partial charge on any atom is 0.190 e. The zero-order valence-corrected chi connectivity index (χ0v) is 11.6. The van der Waals surface area contributed by atoms with Crippen molar-refractivity contribution in [1.29, 1.82) is 5.26 Å². The SMILES string of the molecule is N#Cc1c(NO)nnc(-c2ccccc2)c1-c1ccccc1. The van der Waals surface area contributed by atoms with Gasteiger partial charge in [-0.05, 0) is 5.56 Å². The normalized spacial score (nSPS) is 10.0. The molecule has 0 spiro atoms. The van der Waals surface area contributed by atoms with E-state index in [1.807, 2.05) is 66.1 Å². The van der Waals surface area contributed by atoms with Crippen molar-refractivity contribution in [3.8, 4) is 28.5 Å². The molecule has 0 atom stereocenters. The van der Waals surface area contributed by atoms with Gasteiger partial charge in [0.1, 0.15) is 17.3 Å². The number of aromatic nitrogens is 2. The summed E-state index contributed by atoms with van der Waals surface area (Å²) in [7, 11) is 0. The van der Waals surface area contributed by atoms with Crippen LogP contribution in [0.5, 0.6) is 0 Å². The maximum absolute atomic E-state index is 9.49. The Morgan fingerprint density at radius 1 is 0.864 bits per heavy atom. The van der Waals surface area contributed by atoms with Gasteiger partial charge < -0.3 is 0 Å². The zero-order valence-electron chi connectivity index (χ0n) is 11.6. The summed E-state index contributed by atoms with van der Waals surface area (Å²) in [6.07, 6.45) is 0. The van der Waals surface area contributed by atoms with Gasteiger partial charge in [-0.2, -0.15) is 5.26 Å². The fourth-order valence-corrected chi connectivity index (χ4v) is 2.31. The second kappa shape index (κ2) is 6.04. The number of hydrogen-bond donors (Lipinski definition) is 2. The lowest BCUT2D eigenvalue weighted by molar-refractivity contribution is 0.384. The minimum Gasteiger partial charge on any atom is -0.290 e. The summed E-state index contributed by atoms with van der Waals surface area (Å²) >= 11 is 0. The molecule has 106 valence electrons. The molecule has 2 aromatic carbocycles. The van der Waals surface area contributed by atoms with Gasteiger partial charge in [0.05, 0.1) is 0 Å². The van der Waals surface area contributed by atoms with Crippen LogP contribution < -0.4 is 5.48 Å². The highest BCUT2D eigenvalue weighted by Gasteiger charge is 2.18. The van der Waals surface area contributed by atoms with Crippen molar-refractivity contribution in [2.75, 3.05) is 5.48 Å². The first-order valence-electron chi connectivity index (χ1n) is 6.67. The molecule has 0 aliphatic rings. The van der Waals surface area contributed by atoms with E-state index in [-0.39, 0.29) is 11.4 Å². The molecule has 0 saturated carbocycles. The molecule has 3 aromatic rings. The molecule has 3 rings (SSSR count). The van der Waals surface area contributed by atoms with Crippen LogP contribution in [0.3, 0.4) is 0 Å². The smallest absolute Gasteiger partial charge is 0.190 e. The first-order chi connectivity index (χ1) is 10.8. The van der Waals surface area contributed by atoms with Crippen LogP contribution in [0.2, 0.25) is 0 Å². The number of benzene rings is 2. The van der Waals surface area contributed by atoms with Gasteiger partial charge in [-0.15, -0.1) is 10.2 Å². The fourth-order valence-electron chi connectivity index (χ4n) is 2.31. The Morgan fingerprint density at radius 3 is 2.00 bits per heavy atom. The summed E-state index contributed by atoms with van der Waals surface area (Å²) in [6.45, 7) is 0. The van der Waals surface area contributed by atoms with Crippen LogP contribution >= 0.6 is 0 Å². The van der Waals surface area contributed by atoms with Gasteiger partial charge in [0.2, 0.25) is 0 Å². The van der Waals surface area contributed by atoms with Crippen LogP contribution in [0, 0.1) is 11.3 Å². The molecular weight excluding hydrogens is 276 g/mol. The number of nitriles is 1. The average Bonchev–Trinajstić information content (AvgIpc) is 2.61. The first kappa shape index (κ1) is 13.7. The standard InChI is InChI=1S/C17H12N4O/c18-11-14-15(12-7-3-1-4-8-12)16(19-20-17(14)21-22)13-9-5-2-6-10-13/h1-10,22H,(H,20,21). The summed E-state index contributed by atoms with van der Waals surface area (Å²) in [5, 5.41) is 26.8. The largest absolute Gasteiger partial charge is 0.290 e. The van der Waals surface area contributed by atoms with Crippen LogP contribution in [0.4, 0.5) is 5.82 Å². The molecule has 2 N–H and O–H groups in total. The summed E-state index contributed by atoms with van der Waals surface area (Å²) in [5.41, 5.74) is 5.12. The Balaban J connectivity index is 2.35. The summed E-state index contributed by atoms with van der Waals surface area (Å²) in [6, 6.07) is 21.1. The minimum absolute atomic E-state index is 0.0426. The second-order valence-electron chi connectivity index (χ2n) is 4.60. The van der Waals surface area contributed by atoms with Crippen molar-refractivity contribution in [1.82, 2.24) is 10.2 Å². The third-order valence-electron chi connectivity index (χ3n) is 3.30. The van der Waals surface area contributed by atoms with Crippen molar-refractivity contribution in [2.45, 2.75) is 0 Å².